The van der Waals surface area contributed by atoms with E-state index in [9.17, 15) is 13.2 Å². The fourth-order valence-corrected chi connectivity index (χ4v) is 6.70. The number of imidazole rings is 1. The number of alkyl halides is 3. The number of pyridine rings is 1. The Morgan fingerprint density at radius 1 is 0.700 bits per heavy atom. The van der Waals surface area contributed by atoms with Gasteiger partial charge in [0.25, 0.3) is 0 Å². The lowest BCUT2D eigenvalue weighted by Gasteiger charge is -2.25. The molecule has 0 saturated carbocycles. The van der Waals surface area contributed by atoms with E-state index in [0.717, 1.165) is 65.8 Å². The van der Waals surface area contributed by atoms with Gasteiger partial charge >= 0.3 is 6.18 Å². The van der Waals surface area contributed by atoms with Crippen molar-refractivity contribution < 1.29 is 17.7 Å². The molecule has 0 atom stereocenters. The molecule has 8 rings (SSSR count). The number of nitrogens with zero attached hydrogens (tertiary/aromatic N) is 3. The SMILES string of the molecule is CC(C)(C)c1cc(-c2cc3ccccc3cn2)cc(-c2ccc(C(C)(C)C)c3ccc(C4=Cc5nc6cc(C(F)(F)F)on6c5NN4)cc23)c1. The van der Waals surface area contributed by atoms with Gasteiger partial charge in [0.2, 0.25) is 5.76 Å². The van der Waals surface area contributed by atoms with Crippen molar-refractivity contribution in [1.82, 2.24) is 20.0 Å². The van der Waals surface area contributed by atoms with Crippen LogP contribution < -0.4 is 10.9 Å². The van der Waals surface area contributed by atoms with Crippen LogP contribution in [0, 0.1) is 0 Å². The molecular formula is C41H36F3N5O. The number of aromatic nitrogens is 3. The molecule has 6 nitrogen and oxygen atoms in total. The highest BCUT2D eigenvalue weighted by molar-refractivity contribution is 6.02. The van der Waals surface area contributed by atoms with Crippen LogP contribution in [0.3, 0.4) is 0 Å². The monoisotopic (exact) mass is 671 g/mol. The smallest absolute Gasteiger partial charge is 0.366 e. The molecule has 0 aliphatic carbocycles. The number of hydrogen-bond donors (Lipinski definition) is 2. The van der Waals surface area contributed by atoms with Crippen molar-refractivity contribution in [3.05, 3.63) is 119 Å². The van der Waals surface area contributed by atoms with Crippen LogP contribution in [0.15, 0.2) is 95.6 Å². The van der Waals surface area contributed by atoms with E-state index >= 15 is 0 Å². The number of anilines is 1. The second-order valence-electron chi connectivity index (χ2n) is 15.0. The number of rotatable bonds is 3. The third-order valence-corrected chi connectivity index (χ3v) is 9.39. The van der Waals surface area contributed by atoms with Crippen LogP contribution in [-0.2, 0) is 17.0 Å². The van der Waals surface area contributed by atoms with Crippen LogP contribution in [0.5, 0.6) is 0 Å². The fraction of sp³-hybridized carbons (Fsp3) is 0.220. The average Bonchev–Trinajstić information content (AvgIpc) is 3.65. The molecule has 50 heavy (non-hydrogen) atoms. The van der Waals surface area contributed by atoms with Crippen molar-refractivity contribution in [2.45, 2.75) is 58.5 Å². The largest absolute Gasteiger partial charge is 0.452 e. The standard InChI is InChI=1S/C41H36F3N5O/c1-39(2,3)28-16-26(15-27(17-28)33-19-23-9-7-8-10-25(23)22-45-33)29-13-14-32(40(4,5)6)30-12-11-24(18-31(29)30)34-20-35-38(48-47-34)49-37(46-35)21-36(50-49)41(42,43)44/h7-22,47-48H,1-6H3. The third kappa shape index (κ3) is 5.47. The Morgan fingerprint density at radius 3 is 2.20 bits per heavy atom. The second kappa shape index (κ2) is 11.0. The Balaban J connectivity index is 1.29. The van der Waals surface area contributed by atoms with E-state index in [4.69, 9.17) is 9.51 Å². The van der Waals surface area contributed by atoms with Crippen LogP contribution in [-0.4, -0.2) is 14.5 Å². The minimum Gasteiger partial charge on any atom is -0.366 e. The zero-order valence-corrected chi connectivity index (χ0v) is 28.6. The van der Waals surface area contributed by atoms with Gasteiger partial charge in [0, 0.05) is 28.8 Å². The summed E-state index contributed by atoms with van der Waals surface area (Å²) in [6.45, 7) is 13.3. The maximum Gasteiger partial charge on any atom is 0.452 e. The quantitative estimate of drug-likeness (QED) is 0.196. The average molecular weight is 672 g/mol. The molecule has 7 aromatic rings. The number of hydrogen-bond acceptors (Lipinski definition) is 5. The summed E-state index contributed by atoms with van der Waals surface area (Å²) in [5.74, 6) is -0.809. The summed E-state index contributed by atoms with van der Waals surface area (Å²) >= 11 is 0. The maximum atomic E-state index is 13.3. The van der Waals surface area contributed by atoms with E-state index < -0.39 is 11.9 Å². The van der Waals surface area contributed by atoms with Gasteiger partial charge in [-0.2, -0.15) is 13.2 Å². The summed E-state index contributed by atoms with van der Waals surface area (Å²) in [7, 11) is 0. The highest BCUT2D eigenvalue weighted by Crippen LogP contribution is 2.41. The molecule has 9 heteroatoms. The van der Waals surface area contributed by atoms with Gasteiger partial charge in [0.05, 0.1) is 11.4 Å². The molecule has 0 radical (unpaired) electrons. The van der Waals surface area contributed by atoms with Crippen molar-refractivity contribution in [3.63, 3.8) is 0 Å². The first-order valence-corrected chi connectivity index (χ1v) is 16.6. The van der Waals surface area contributed by atoms with E-state index in [1.54, 1.807) is 0 Å². The normalized spacial score (nSPS) is 13.7. The first-order chi connectivity index (χ1) is 23.6. The van der Waals surface area contributed by atoms with Gasteiger partial charge in [-0.3, -0.25) is 15.8 Å². The van der Waals surface area contributed by atoms with Crippen LogP contribution in [0.25, 0.3) is 61.3 Å². The number of benzene rings is 4. The van der Waals surface area contributed by atoms with Crippen molar-refractivity contribution in [2.75, 3.05) is 5.43 Å². The molecule has 0 saturated heterocycles. The van der Waals surface area contributed by atoms with Crippen LogP contribution in [0.4, 0.5) is 19.0 Å². The highest BCUT2D eigenvalue weighted by atomic mass is 19.4. The van der Waals surface area contributed by atoms with Crippen molar-refractivity contribution in [3.8, 4) is 22.4 Å². The third-order valence-electron chi connectivity index (χ3n) is 9.39. The van der Waals surface area contributed by atoms with Crippen LogP contribution in [0.2, 0.25) is 0 Å². The Morgan fingerprint density at radius 2 is 1.46 bits per heavy atom. The first kappa shape index (κ1) is 31.7. The summed E-state index contributed by atoms with van der Waals surface area (Å²) in [5, 5.41) is 4.47. The lowest BCUT2D eigenvalue weighted by molar-refractivity contribution is -0.156. The fourth-order valence-electron chi connectivity index (χ4n) is 6.70. The Labute approximate surface area is 287 Å². The predicted octanol–water partition coefficient (Wildman–Crippen LogP) is 11.0. The minimum atomic E-state index is -4.61. The van der Waals surface area contributed by atoms with Gasteiger partial charge in [-0.15, -0.1) is 4.57 Å². The molecule has 0 bridgehead atoms. The van der Waals surface area contributed by atoms with Crippen LogP contribution in [0.1, 0.15) is 69.7 Å². The summed E-state index contributed by atoms with van der Waals surface area (Å²) in [5.41, 5.74) is 14.7. The molecule has 3 aromatic heterocycles. The topological polar surface area (TPSA) is 67.4 Å². The molecule has 0 fully saturated rings. The van der Waals surface area contributed by atoms with Crippen molar-refractivity contribution >= 4 is 44.8 Å². The van der Waals surface area contributed by atoms with Crippen LogP contribution >= 0.6 is 0 Å². The lowest BCUT2D eigenvalue weighted by Crippen LogP contribution is -2.24. The summed E-state index contributed by atoms with van der Waals surface area (Å²) in [6, 6.07) is 28.9. The molecule has 4 heterocycles. The second-order valence-corrected chi connectivity index (χ2v) is 15.0. The molecule has 4 aromatic carbocycles. The van der Waals surface area contributed by atoms with E-state index in [1.807, 2.05) is 24.4 Å². The molecule has 0 unspecified atom stereocenters. The summed E-state index contributed by atoms with van der Waals surface area (Å²) in [4.78, 5) is 9.28. The molecule has 1 aliphatic heterocycles. The lowest BCUT2D eigenvalue weighted by atomic mass is 9.80. The number of hydrazine groups is 1. The maximum absolute atomic E-state index is 13.3. The Hall–Kier alpha value is -5.57. The van der Waals surface area contributed by atoms with E-state index in [-0.39, 0.29) is 16.5 Å². The number of nitrogens with one attached hydrogen (secondary N) is 2. The predicted molar refractivity (Wildman–Crippen MR) is 195 cm³/mol. The minimum absolute atomic E-state index is 0.0696. The molecule has 252 valence electrons. The summed E-state index contributed by atoms with van der Waals surface area (Å²) < 4.78 is 45.9. The zero-order valence-electron chi connectivity index (χ0n) is 28.6. The molecule has 0 spiro atoms. The van der Waals surface area contributed by atoms with E-state index in [2.05, 4.69) is 124 Å². The van der Waals surface area contributed by atoms with Gasteiger partial charge in [-0.1, -0.05) is 96.1 Å². The summed E-state index contributed by atoms with van der Waals surface area (Å²) in [6.07, 6.45) is -0.852. The van der Waals surface area contributed by atoms with Crippen molar-refractivity contribution in [1.29, 1.82) is 0 Å². The number of fused-ring (bicyclic) bond motifs is 5. The van der Waals surface area contributed by atoms with Gasteiger partial charge < -0.3 is 4.52 Å². The van der Waals surface area contributed by atoms with Gasteiger partial charge in [0.15, 0.2) is 11.5 Å². The Kier molecular flexibility index (Phi) is 6.95. The highest BCUT2D eigenvalue weighted by Gasteiger charge is 2.37. The molecule has 1 aliphatic rings. The first-order valence-electron chi connectivity index (χ1n) is 16.6. The van der Waals surface area contributed by atoms with Gasteiger partial charge in [0.1, 0.15) is 5.69 Å². The molecule has 0 amide bonds. The molecule has 2 N–H and O–H groups in total. The van der Waals surface area contributed by atoms with Gasteiger partial charge in [-0.25, -0.2) is 4.98 Å². The Bertz CT molecular complexity index is 2510. The van der Waals surface area contributed by atoms with Gasteiger partial charge in [-0.05, 0) is 79.6 Å². The van der Waals surface area contributed by atoms with E-state index in [1.165, 1.54) is 11.1 Å². The number of halogens is 3. The van der Waals surface area contributed by atoms with E-state index in [0.29, 0.717) is 11.5 Å². The molecular weight excluding hydrogens is 635 g/mol. The zero-order chi connectivity index (χ0) is 35.2. The van der Waals surface area contributed by atoms with Crippen molar-refractivity contribution in [2.24, 2.45) is 0 Å².